The van der Waals surface area contributed by atoms with E-state index in [0.29, 0.717) is 17.9 Å². The number of amides is 1. The van der Waals surface area contributed by atoms with Gasteiger partial charge in [0.05, 0.1) is 12.2 Å². The Kier molecular flexibility index (Phi) is 5.11. The van der Waals surface area contributed by atoms with Gasteiger partial charge >= 0.3 is 0 Å². The minimum Gasteiger partial charge on any atom is -0.329 e. The van der Waals surface area contributed by atoms with Gasteiger partial charge in [0.15, 0.2) is 0 Å². The average Bonchev–Trinajstić information content (AvgIpc) is 2.94. The van der Waals surface area contributed by atoms with Crippen LogP contribution >= 0.6 is 0 Å². The van der Waals surface area contributed by atoms with Crippen molar-refractivity contribution >= 4 is 11.7 Å². The summed E-state index contributed by atoms with van der Waals surface area (Å²) in [5.74, 6) is 0.487. The second kappa shape index (κ2) is 7.04. The molecule has 0 aliphatic carbocycles. The van der Waals surface area contributed by atoms with Crippen LogP contribution in [0, 0.1) is 0 Å². The lowest BCUT2D eigenvalue weighted by Crippen LogP contribution is -2.39. The van der Waals surface area contributed by atoms with Crippen LogP contribution in [0.5, 0.6) is 0 Å². The zero-order valence-corrected chi connectivity index (χ0v) is 13.0. The third-order valence-electron chi connectivity index (χ3n) is 3.30. The molecule has 7 nitrogen and oxygen atoms in total. The van der Waals surface area contributed by atoms with Gasteiger partial charge in [0, 0.05) is 30.4 Å². The van der Waals surface area contributed by atoms with Crippen LogP contribution in [0.1, 0.15) is 32.4 Å². The Balaban J connectivity index is 1.94. The van der Waals surface area contributed by atoms with Gasteiger partial charge in [-0.3, -0.25) is 9.59 Å². The fraction of sp³-hybridized carbons (Fsp3) is 0.400. The highest BCUT2D eigenvalue weighted by molar-refractivity contribution is 5.93. The molecule has 0 aliphatic rings. The van der Waals surface area contributed by atoms with Crippen LogP contribution in [0.3, 0.4) is 0 Å². The van der Waals surface area contributed by atoms with Crippen molar-refractivity contribution < 1.29 is 4.79 Å². The summed E-state index contributed by atoms with van der Waals surface area (Å²) in [6.07, 6.45) is 3.23. The number of anilines is 1. The predicted octanol–water partition coefficient (Wildman–Crippen LogP) is 1.27. The molecular formula is C15H21N5O2. The molecule has 2 aromatic rings. The molecule has 0 spiro atoms. The lowest BCUT2D eigenvalue weighted by molar-refractivity contribution is -0.117. The van der Waals surface area contributed by atoms with Gasteiger partial charge in [-0.05, 0) is 26.8 Å². The van der Waals surface area contributed by atoms with Crippen molar-refractivity contribution in [3.05, 3.63) is 46.5 Å². The van der Waals surface area contributed by atoms with Crippen LogP contribution in [0.25, 0.3) is 0 Å². The van der Waals surface area contributed by atoms with Crippen LogP contribution in [-0.2, 0) is 11.3 Å². The molecule has 0 bridgehead atoms. The molecule has 0 saturated carbocycles. The van der Waals surface area contributed by atoms with E-state index in [4.69, 9.17) is 0 Å². The average molecular weight is 303 g/mol. The number of hydrogen-bond donors (Lipinski definition) is 3. The molecule has 3 N–H and O–H groups in total. The molecule has 1 atom stereocenters. The van der Waals surface area contributed by atoms with Gasteiger partial charge < -0.3 is 15.6 Å². The Hall–Kier alpha value is -2.41. The van der Waals surface area contributed by atoms with Crippen molar-refractivity contribution in [1.29, 1.82) is 0 Å². The highest BCUT2D eigenvalue weighted by atomic mass is 16.2. The maximum atomic E-state index is 12.2. The van der Waals surface area contributed by atoms with Gasteiger partial charge in [-0.15, -0.1) is 0 Å². The lowest BCUT2D eigenvalue weighted by Gasteiger charge is -2.16. The van der Waals surface area contributed by atoms with Gasteiger partial charge in [0.1, 0.15) is 5.82 Å². The Labute approximate surface area is 128 Å². The van der Waals surface area contributed by atoms with Gasteiger partial charge in [-0.2, -0.15) is 5.10 Å². The number of rotatable bonds is 6. The van der Waals surface area contributed by atoms with Gasteiger partial charge in [0.25, 0.3) is 5.56 Å². The summed E-state index contributed by atoms with van der Waals surface area (Å²) in [5.41, 5.74) is 0.440. The van der Waals surface area contributed by atoms with Gasteiger partial charge in [-0.25, -0.2) is 4.68 Å². The zero-order chi connectivity index (χ0) is 16.1. The van der Waals surface area contributed by atoms with Crippen LogP contribution in [0.4, 0.5) is 5.82 Å². The molecule has 0 fully saturated rings. The minimum atomic E-state index is -0.435. The molecule has 0 aliphatic heterocycles. The number of H-pyrrole nitrogens is 1. The van der Waals surface area contributed by atoms with Crippen molar-refractivity contribution in [2.45, 2.75) is 39.4 Å². The summed E-state index contributed by atoms with van der Waals surface area (Å²) in [6, 6.07) is 4.97. The summed E-state index contributed by atoms with van der Waals surface area (Å²) >= 11 is 0. The Morgan fingerprint density at radius 1 is 1.36 bits per heavy atom. The van der Waals surface area contributed by atoms with E-state index in [1.807, 2.05) is 13.8 Å². The Bertz CT molecular complexity index is 689. The third-order valence-corrected chi connectivity index (χ3v) is 3.30. The smallest absolute Gasteiger partial charge is 0.252 e. The monoisotopic (exact) mass is 303 g/mol. The fourth-order valence-electron chi connectivity index (χ4n) is 2.01. The highest BCUT2D eigenvalue weighted by Gasteiger charge is 2.15. The Morgan fingerprint density at radius 3 is 2.82 bits per heavy atom. The van der Waals surface area contributed by atoms with Crippen LogP contribution in [0.2, 0.25) is 0 Å². The number of aromatic nitrogens is 3. The fourth-order valence-corrected chi connectivity index (χ4v) is 2.01. The second-order valence-electron chi connectivity index (χ2n) is 5.37. The summed E-state index contributed by atoms with van der Waals surface area (Å²) in [7, 11) is 0. The summed E-state index contributed by atoms with van der Waals surface area (Å²) in [6.45, 7) is 6.06. The minimum absolute atomic E-state index is 0.152. The van der Waals surface area contributed by atoms with Crippen molar-refractivity contribution in [1.82, 2.24) is 20.1 Å². The van der Waals surface area contributed by atoms with E-state index >= 15 is 0 Å². The van der Waals surface area contributed by atoms with Crippen molar-refractivity contribution in [2.75, 3.05) is 5.32 Å². The first-order valence-corrected chi connectivity index (χ1v) is 7.23. The number of aromatic amines is 1. The first kappa shape index (κ1) is 16.0. The lowest BCUT2D eigenvalue weighted by atomic mass is 10.2. The molecule has 0 radical (unpaired) electrons. The van der Waals surface area contributed by atoms with E-state index in [2.05, 4.69) is 20.7 Å². The highest BCUT2D eigenvalue weighted by Crippen LogP contribution is 2.13. The quantitative estimate of drug-likeness (QED) is 0.749. The molecule has 118 valence electrons. The third kappa shape index (κ3) is 3.82. The molecule has 7 heteroatoms. The molecular weight excluding hydrogens is 282 g/mol. The van der Waals surface area contributed by atoms with Crippen molar-refractivity contribution in [3.63, 3.8) is 0 Å². The number of carbonyl (C=O) groups is 1. The summed E-state index contributed by atoms with van der Waals surface area (Å²) in [5, 5.41) is 10.0. The van der Waals surface area contributed by atoms with Gasteiger partial charge in [0.2, 0.25) is 5.91 Å². The number of hydrogen-bond acceptors (Lipinski definition) is 4. The first-order valence-electron chi connectivity index (χ1n) is 7.23. The normalized spacial score (nSPS) is 12.4. The standard InChI is InChI=1S/C15H21N5O2/c1-10(2)20-13(6-8-18-20)19-14(21)11(3)17-9-12-5-4-7-16-15(12)22/h4-8,10-11,17H,9H2,1-3H3,(H,16,22)(H,19,21). The molecule has 1 amide bonds. The SMILES string of the molecule is CC(NCc1ccc[nH]c1=O)C(=O)Nc1ccnn1C(C)C. The van der Waals surface area contributed by atoms with Crippen molar-refractivity contribution in [3.8, 4) is 0 Å². The van der Waals surface area contributed by atoms with E-state index in [-0.39, 0.29) is 17.5 Å². The summed E-state index contributed by atoms with van der Waals surface area (Å²) < 4.78 is 1.74. The van der Waals surface area contributed by atoms with E-state index < -0.39 is 6.04 Å². The molecule has 22 heavy (non-hydrogen) atoms. The molecule has 2 heterocycles. The largest absolute Gasteiger partial charge is 0.329 e. The van der Waals surface area contributed by atoms with Gasteiger partial charge in [-0.1, -0.05) is 6.07 Å². The van der Waals surface area contributed by atoms with Crippen LogP contribution in [0.15, 0.2) is 35.4 Å². The van der Waals surface area contributed by atoms with Crippen LogP contribution in [-0.4, -0.2) is 26.7 Å². The maximum Gasteiger partial charge on any atom is 0.252 e. The van der Waals surface area contributed by atoms with E-state index in [9.17, 15) is 9.59 Å². The van der Waals surface area contributed by atoms with E-state index in [1.165, 1.54) is 0 Å². The maximum absolute atomic E-state index is 12.2. The van der Waals surface area contributed by atoms with Crippen LogP contribution < -0.4 is 16.2 Å². The molecule has 2 aromatic heterocycles. The zero-order valence-electron chi connectivity index (χ0n) is 13.0. The molecule has 0 aromatic carbocycles. The second-order valence-corrected chi connectivity index (χ2v) is 5.37. The topological polar surface area (TPSA) is 91.8 Å². The van der Waals surface area contributed by atoms with E-state index in [0.717, 1.165) is 0 Å². The number of carbonyl (C=O) groups excluding carboxylic acids is 1. The summed E-state index contributed by atoms with van der Waals surface area (Å²) in [4.78, 5) is 26.4. The molecule has 2 rings (SSSR count). The number of nitrogens with zero attached hydrogens (tertiary/aromatic N) is 2. The Morgan fingerprint density at radius 2 is 2.14 bits per heavy atom. The molecule has 0 saturated heterocycles. The first-order chi connectivity index (χ1) is 10.5. The number of nitrogens with one attached hydrogen (secondary N) is 3. The van der Waals surface area contributed by atoms with Crippen molar-refractivity contribution in [2.24, 2.45) is 0 Å². The number of pyridine rings is 1. The van der Waals surface area contributed by atoms with E-state index in [1.54, 1.807) is 42.2 Å². The predicted molar refractivity (Wildman–Crippen MR) is 84.6 cm³/mol. The molecule has 1 unspecified atom stereocenters.